The van der Waals surface area contributed by atoms with Crippen LogP contribution in [0.4, 0.5) is 10.3 Å². The predicted octanol–water partition coefficient (Wildman–Crippen LogP) is 3.78. The number of nitrogens with zero attached hydrogens (tertiary/aromatic N) is 3. The van der Waals surface area contributed by atoms with E-state index in [0.29, 0.717) is 17.0 Å². The first-order chi connectivity index (χ1) is 12.9. The fourth-order valence-corrected chi connectivity index (χ4v) is 2.43. The van der Waals surface area contributed by atoms with Crippen molar-refractivity contribution < 1.29 is 18.8 Å². The quantitative estimate of drug-likeness (QED) is 0.661. The minimum atomic E-state index is -0.678. The lowest BCUT2D eigenvalue weighted by molar-refractivity contribution is -0.148. The molecule has 2 aromatic carbocycles. The van der Waals surface area contributed by atoms with Crippen LogP contribution in [0.1, 0.15) is 13.8 Å². The molecule has 0 atom stereocenters. The zero-order valence-corrected chi connectivity index (χ0v) is 14.7. The van der Waals surface area contributed by atoms with E-state index in [1.807, 2.05) is 30.3 Å². The number of hydroxylamine groups is 1. The largest absolute Gasteiger partial charge is 0.331 e. The van der Waals surface area contributed by atoms with Gasteiger partial charge in [0.15, 0.2) is 0 Å². The maximum Gasteiger partial charge on any atom is 0.330 e. The number of hydrogen-bond acceptors (Lipinski definition) is 5. The van der Waals surface area contributed by atoms with Crippen molar-refractivity contribution >= 4 is 17.8 Å². The van der Waals surface area contributed by atoms with E-state index in [4.69, 9.17) is 4.84 Å². The Labute approximate surface area is 155 Å². The molecule has 0 N–H and O–H groups in total. The summed E-state index contributed by atoms with van der Waals surface area (Å²) in [6, 6.07) is 16.8. The molecule has 3 aromatic rings. The van der Waals surface area contributed by atoms with Crippen LogP contribution in [0.2, 0.25) is 0 Å². The monoisotopic (exact) mass is 365 g/mol. The fraction of sp³-hybridized carbons (Fsp3) is 0.100. The number of rotatable bonds is 3. The molecule has 0 aliphatic heterocycles. The average Bonchev–Trinajstić information content (AvgIpc) is 2.66. The molecule has 0 aliphatic carbocycles. The highest BCUT2D eigenvalue weighted by Crippen LogP contribution is 2.26. The third-order valence-corrected chi connectivity index (χ3v) is 3.61. The molecule has 3 rings (SSSR count). The van der Waals surface area contributed by atoms with Gasteiger partial charge in [-0.05, 0) is 30.3 Å². The van der Waals surface area contributed by atoms with Gasteiger partial charge in [-0.25, -0.2) is 19.2 Å². The summed E-state index contributed by atoms with van der Waals surface area (Å²) in [5.74, 6) is -1.69. The molecule has 1 amide bonds. The molecule has 6 nitrogen and oxygen atoms in total. The minimum Gasteiger partial charge on any atom is -0.331 e. The summed E-state index contributed by atoms with van der Waals surface area (Å²) in [6.07, 6.45) is 0. The molecule has 1 aromatic heterocycles. The summed E-state index contributed by atoms with van der Waals surface area (Å²) < 4.78 is 13.3. The second-order valence-corrected chi connectivity index (χ2v) is 5.71. The van der Waals surface area contributed by atoms with Crippen LogP contribution in [-0.4, -0.2) is 21.8 Å². The summed E-state index contributed by atoms with van der Waals surface area (Å²) >= 11 is 0. The van der Waals surface area contributed by atoms with Crippen molar-refractivity contribution in [1.29, 1.82) is 0 Å². The Morgan fingerprint density at radius 2 is 1.44 bits per heavy atom. The molecule has 27 heavy (non-hydrogen) atoms. The van der Waals surface area contributed by atoms with Crippen LogP contribution in [0.5, 0.6) is 0 Å². The first kappa shape index (κ1) is 18.2. The Morgan fingerprint density at radius 1 is 0.889 bits per heavy atom. The molecule has 0 unspecified atom stereocenters. The van der Waals surface area contributed by atoms with Crippen LogP contribution < -0.4 is 5.06 Å². The minimum absolute atomic E-state index is 0.0848. The van der Waals surface area contributed by atoms with Gasteiger partial charge in [0.1, 0.15) is 5.82 Å². The van der Waals surface area contributed by atoms with Gasteiger partial charge < -0.3 is 4.84 Å². The van der Waals surface area contributed by atoms with Gasteiger partial charge in [0.05, 0.1) is 11.4 Å². The molecule has 0 saturated heterocycles. The number of carbonyl (C=O) groups excluding carboxylic acids is 2. The third kappa shape index (κ3) is 4.33. The second kappa shape index (κ2) is 7.74. The summed E-state index contributed by atoms with van der Waals surface area (Å²) in [6.45, 7) is 2.41. The standard InChI is InChI=1S/C20H16FN3O3/c1-13(25)24(27-14(2)26)20-22-18(15-6-4-3-5-7-15)12-19(23-20)16-8-10-17(21)11-9-16/h3-12H,1-2H3. The van der Waals surface area contributed by atoms with Crippen LogP contribution in [0.15, 0.2) is 60.7 Å². The second-order valence-electron chi connectivity index (χ2n) is 5.71. The van der Waals surface area contributed by atoms with Crippen molar-refractivity contribution in [3.8, 4) is 22.5 Å². The molecule has 0 fully saturated rings. The first-order valence-corrected chi connectivity index (χ1v) is 8.13. The lowest BCUT2D eigenvalue weighted by Crippen LogP contribution is -2.32. The maximum absolute atomic E-state index is 13.3. The van der Waals surface area contributed by atoms with E-state index in [2.05, 4.69) is 9.97 Å². The van der Waals surface area contributed by atoms with Crippen LogP contribution in [0, 0.1) is 5.82 Å². The number of aromatic nitrogens is 2. The van der Waals surface area contributed by atoms with E-state index in [1.54, 1.807) is 18.2 Å². The van der Waals surface area contributed by atoms with Gasteiger partial charge in [0, 0.05) is 25.0 Å². The van der Waals surface area contributed by atoms with Crippen molar-refractivity contribution in [1.82, 2.24) is 9.97 Å². The van der Waals surface area contributed by atoms with Crippen molar-refractivity contribution in [2.75, 3.05) is 5.06 Å². The average molecular weight is 365 g/mol. The van der Waals surface area contributed by atoms with Gasteiger partial charge in [-0.2, -0.15) is 0 Å². The van der Waals surface area contributed by atoms with E-state index in [1.165, 1.54) is 26.0 Å². The molecular weight excluding hydrogens is 349 g/mol. The van der Waals surface area contributed by atoms with Crippen LogP contribution in [0.25, 0.3) is 22.5 Å². The van der Waals surface area contributed by atoms with E-state index in [-0.39, 0.29) is 11.8 Å². The Kier molecular flexibility index (Phi) is 5.21. The topological polar surface area (TPSA) is 72.4 Å². The van der Waals surface area contributed by atoms with Crippen LogP contribution in [0.3, 0.4) is 0 Å². The molecule has 7 heteroatoms. The van der Waals surface area contributed by atoms with Crippen molar-refractivity contribution in [2.45, 2.75) is 13.8 Å². The van der Waals surface area contributed by atoms with E-state index >= 15 is 0 Å². The summed E-state index contributed by atoms with van der Waals surface area (Å²) in [5.41, 5.74) is 2.40. The molecular formula is C20H16FN3O3. The molecule has 0 radical (unpaired) electrons. The molecule has 0 bridgehead atoms. The van der Waals surface area contributed by atoms with Crippen molar-refractivity contribution in [3.05, 3.63) is 66.5 Å². The Balaban J connectivity index is 2.17. The van der Waals surface area contributed by atoms with Gasteiger partial charge >= 0.3 is 5.97 Å². The highest BCUT2D eigenvalue weighted by molar-refractivity contribution is 5.90. The molecule has 136 valence electrons. The normalized spacial score (nSPS) is 10.3. The van der Waals surface area contributed by atoms with Gasteiger partial charge in [-0.1, -0.05) is 30.3 Å². The summed E-state index contributed by atoms with van der Waals surface area (Å²) in [7, 11) is 0. The van der Waals surface area contributed by atoms with Crippen LogP contribution >= 0.6 is 0 Å². The van der Waals surface area contributed by atoms with E-state index < -0.39 is 11.9 Å². The van der Waals surface area contributed by atoms with Gasteiger partial charge in [0.2, 0.25) is 0 Å². The first-order valence-electron chi connectivity index (χ1n) is 8.13. The fourth-order valence-electron chi connectivity index (χ4n) is 2.43. The Morgan fingerprint density at radius 3 is 1.96 bits per heavy atom. The number of halogens is 1. The van der Waals surface area contributed by atoms with Crippen molar-refractivity contribution in [3.63, 3.8) is 0 Å². The number of amides is 1. The molecule has 0 aliphatic rings. The van der Waals surface area contributed by atoms with E-state index in [9.17, 15) is 14.0 Å². The smallest absolute Gasteiger partial charge is 0.330 e. The highest BCUT2D eigenvalue weighted by Gasteiger charge is 2.21. The zero-order chi connectivity index (χ0) is 19.4. The lowest BCUT2D eigenvalue weighted by Gasteiger charge is -2.18. The maximum atomic E-state index is 13.3. The number of benzene rings is 2. The molecule has 0 spiro atoms. The van der Waals surface area contributed by atoms with Crippen molar-refractivity contribution in [2.24, 2.45) is 0 Å². The van der Waals surface area contributed by atoms with Gasteiger partial charge in [-0.15, -0.1) is 5.06 Å². The molecule has 0 saturated carbocycles. The number of carbonyl (C=O) groups is 2. The van der Waals surface area contributed by atoms with Gasteiger partial charge in [-0.3, -0.25) is 4.79 Å². The summed E-state index contributed by atoms with van der Waals surface area (Å²) in [4.78, 5) is 37.0. The number of hydrogen-bond donors (Lipinski definition) is 0. The summed E-state index contributed by atoms with van der Waals surface area (Å²) in [5, 5.41) is 0.738. The Bertz CT molecular complexity index is 976. The third-order valence-electron chi connectivity index (χ3n) is 3.61. The van der Waals surface area contributed by atoms with Crippen LogP contribution in [-0.2, 0) is 14.4 Å². The Hall–Kier alpha value is -3.61. The van der Waals surface area contributed by atoms with E-state index in [0.717, 1.165) is 10.6 Å². The van der Waals surface area contributed by atoms with Gasteiger partial charge in [0.25, 0.3) is 11.9 Å². The molecule has 1 heterocycles. The highest BCUT2D eigenvalue weighted by atomic mass is 19.1. The lowest BCUT2D eigenvalue weighted by atomic mass is 10.1. The SMILES string of the molecule is CC(=O)ON(C(C)=O)c1nc(-c2ccccc2)cc(-c2ccc(F)cc2)n1. The predicted molar refractivity (Wildman–Crippen MR) is 97.8 cm³/mol. The number of anilines is 1. The zero-order valence-electron chi connectivity index (χ0n) is 14.7.